The summed E-state index contributed by atoms with van der Waals surface area (Å²) in [5, 5.41) is 0. The van der Waals surface area contributed by atoms with Crippen LogP contribution < -0.4 is 14.7 Å². The molecule has 34 heavy (non-hydrogen) atoms. The minimum atomic E-state index is -2.16. The summed E-state index contributed by atoms with van der Waals surface area (Å²) < 4.78 is 31.1. The number of hydrogen-bond donors (Lipinski definition) is 0. The summed E-state index contributed by atoms with van der Waals surface area (Å²) in [6, 6.07) is 0. The maximum Gasteiger partial charge on any atom is 3.00 e. The molecule has 0 aliphatic rings. The van der Waals surface area contributed by atoms with Crippen molar-refractivity contribution in [2.45, 2.75) is 119 Å². The third kappa shape index (κ3) is 34.9. The monoisotopic (exact) mass is 584 g/mol. The predicted molar refractivity (Wildman–Crippen MR) is 137 cm³/mol. The van der Waals surface area contributed by atoms with Crippen LogP contribution in [-0.4, -0.2) is 18.5 Å². The molecule has 0 spiro atoms. The van der Waals surface area contributed by atoms with Crippen LogP contribution in [0.4, 0.5) is 0 Å². The Kier molecular flexibility index (Phi) is 39.0. The first kappa shape index (κ1) is 41.8. The molecule has 6 unspecified atom stereocenters. The molecule has 1 radical (unpaired) electrons. The van der Waals surface area contributed by atoms with Crippen molar-refractivity contribution in [3.05, 3.63) is 0 Å². The van der Waals surface area contributed by atoms with E-state index in [0.29, 0.717) is 36.2 Å². The molecule has 0 N–H and O–H groups in total. The Morgan fingerprint density at radius 3 is 0.824 bits per heavy atom. The van der Waals surface area contributed by atoms with Crippen LogP contribution in [-0.2, 0) is 30.8 Å². The van der Waals surface area contributed by atoms with E-state index in [-0.39, 0.29) is 17.1 Å². The van der Waals surface area contributed by atoms with Gasteiger partial charge in [-0.25, -0.2) is 0 Å². The summed E-state index contributed by atoms with van der Waals surface area (Å²) >= 11 is 0. The molecule has 0 aliphatic carbocycles. The Morgan fingerprint density at radius 2 is 0.706 bits per heavy atom. The zero-order valence-electron chi connectivity index (χ0n) is 22.5. The molecule has 6 atom stereocenters. The Morgan fingerprint density at radius 1 is 0.500 bits per heavy atom. The average molecular weight is 584 g/mol. The quantitative estimate of drug-likeness (QED) is 0.128. The predicted octanol–water partition coefficient (Wildman–Crippen LogP) is 6.91. The van der Waals surface area contributed by atoms with Gasteiger partial charge in [-0.3, -0.25) is 0 Å². The third-order valence-electron chi connectivity index (χ3n) is 5.85. The van der Waals surface area contributed by atoms with Crippen LogP contribution in [0.5, 0.6) is 0 Å². The molecule has 6 nitrogen and oxygen atoms in total. The summed E-state index contributed by atoms with van der Waals surface area (Å²) in [4.78, 5) is 31.1. The molecule has 0 heterocycles. The molecule has 0 aromatic rings. The van der Waals surface area contributed by atoms with Crippen LogP contribution in [0.15, 0.2) is 0 Å². The molecular weight excluding hydrogens is 533 g/mol. The minimum Gasteiger partial charge on any atom is -0.596 e. The second-order valence-electron chi connectivity index (χ2n) is 8.80. The van der Waals surface area contributed by atoms with Crippen LogP contribution in [0.2, 0.25) is 0 Å². The largest absolute Gasteiger partial charge is 3.00 e. The Labute approximate surface area is 223 Å². The van der Waals surface area contributed by atoms with E-state index in [0.717, 1.165) is 77.0 Å². The van der Waals surface area contributed by atoms with E-state index in [9.17, 15) is 28.4 Å². The van der Waals surface area contributed by atoms with Gasteiger partial charge in [-0.05, 0) is 38.5 Å². The Bertz CT molecular complexity index is 417. The van der Waals surface area contributed by atoms with Crippen molar-refractivity contribution >= 4 is 24.1 Å². The molecule has 0 aromatic heterocycles. The summed E-state index contributed by atoms with van der Waals surface area (Å²) in [5.74, 6) is 1.20. The van der Waals surface area contributed by atoms with Crippen LogP contribution in [0, 0.1) is 17.8 Å². The first-order valence-corrected chi connectivity index (χ1v) is 17.0. The molecule has 0 aromatic carbocycles. The average Bonchev–Trinajstić information content (AvgIpc) is 2.77. The molecule has 0 bridgehead atoms. The van der Waals surface area contributed by atoms with Crippen LogP contribution >= 0.6 is 24.1 Å². The molecule has 0 amide bonds. The fourth-order valence-corrected chi connectivity index (χ4v) is 5.97. The molecule has 10 heteroatoms. The standard InChI is InChI=1S/3C8H17O2P.Fe/c3*1-3-5-6-8(4-2)7-11(9)10;/h3*8H,3-7H2,1-2H3;/q;;;+3. The van der Waals surface area contributed by atoms with Gasteiger partial charge in [0, 0.05) is 17.8 Å². The van der Waals surface area contributed by atoms with Crippen molar-refractivity contribution in [1.29, 1.82) is 0 Å². The van der Waals surface area contributed by atoms with Crippen molar-refractivity contribution in [3.63, 3.8) is 0 Å². The second-order valence-corrected chi connectivity index (χ2v) is 11.9. The fourth-order valence-electron chi connectivity index (χ4n) is 3.38. The minimum absolute atomic E-state index is 0. The smallest absolute Gasteiger partial charge is 0.596 e. The van der Waals surface area contributed by atoms with E-state index in [1.165, 1.54) is 0 Å². The summed E-state index contributed by atoms with van der Waals surface area (Å²) in [6.07, 6.45) is 14.2. The maximum absolute atomic E-state index is 10.4. The SMILES string of the molecule is CCCCC(CC)C[P+](=O)[O-].CCCCC(CC)C[P+](=O)[O-].CCCCC(CC)C[P+](=O)[O-].[Fe+3]. The van der Waals surface area contributed by atoms with E-state index in [1.807, 2.05) is 0 Å². The van der Waals surface area contributed by atoms with Gasteiger partial charge in [0.05, 0.1) is 0 Å². The summed E-state index contributed by atoms with van der Waals surface area (Å²) in [6.45, 7) is 12.6. The molecule has 0 saturated carbocycles. The van der Waals surface area contributed by atoms with Crippen molar-refractivity contribution in [3.8, 4) is 0 Å². The molecule has 0 fully saturated rings. The third-order valence-corrected chi connectivity index (χ3v) is 8.30. The van der Waals surface area contributed by atoms with Gasteiger partial charge < -0.3 is 14.7 Å². The van der Waals surface area contributed by atoms with Crippen LogP contribution in [0.3, 0.4) is 0 Å². The van der Waals surface area contributed by atoms with Crippen LogP contribution in [0.25, 0.3) is 0 Å². The van der Waals surface area contributed by atoms with E-state index in [2.05, 4.69) is 41.5 Å². The molecule has 0 rings (SSSR count). The van der Waals surface area contributed by atoms with Crippen molar-refractivity contribution in [2.24, 2.45) is 17.8 Å². The van der Waals surface area contributed by atoms with Gasteiger partial charge in [-0.1, -0.05) is 93.8 Å². The van der Waals surface area contributed by atoms with Crippen molar-refractivity contribution < 1.29 is 45.4 Å². The summed E-state index contributed by atoms with van der Waals surface area (Å²) in [5.41, 5.74) is 0. The van der Waals surface area contributed by atoms with E-state index < -0.39 is 24.1 Å². The number of hydrogen-bond acceptors (Lipinski definition) is 6. The van der Waals surface area contributed by atoms with Gasteiger partial charge in [0.25, 0.3) is 0 Å². The van der Waals surface area contributed by atoms with E-state index in [1.54, 1.807) is 0 Å². The van der Waals surface area contributed by atoms with Crippen LogP contribution in [0.1, 0.15) is 119 Å². The first-order valence-electron chi connectivity index (χ1n) is 13.0. The molecule has 0 aliphatic heterocycles. The fraction of sp³-hybridized carbons (Fsp3) is 1.00. The van der Waals surface area contributed by atoms with Gasteiger partial charge in [0.2, 0.25) is 0 Å². The van der Waals surface area contributed by atoms with E-state index in [4.69, 9.17) is 0 Å². The van der Waals surface area contributed by atoms with Crippen molar-refractivity contribution in [1.82, 2.24) is 0 Å². The summed E-state index contributed by atoms with van der Waals surface area (Å²) in [7, 11) is -6.49. The normalized spacial score (nSPS) is 14.2. The van der Waals surface area contributed by atoms with Gasteiger partial charge in [-0.15, -0.1) is 0 Å². The van der Waals surface area contributed by atoms with Gasteiger partial charge >= 0.3 is 41.2 Å². The Hall–Kier alpha value is 0.699. The molecule has 0 saturated heterocycles. The first-order chi connectivity index (χ1) is 15.6. The maximum atomic E-state index is 10.4. The Balaban J connectivity index is -0.000000196. The van der Waals surface area contributed by atoms with Gasteiger partial charge in [0.15, 0.2) is 0 Å². The topological polar surface area (TPSA) is 120 Å². The zero-order valence-corrected chi connectivity index (χ0v) is 26.3. The zero-order chi connectivity index (χ0) is 26.1. The number of unbranched alkanes of at least 4 members (excludes halogenated alkanes) is 3. The number of rotatable bonds is 18. The second kappa shape index (κ2) is 31.7. The van der Waals surface area contributed by atoms with Gasteiger partial charge in [-0.2, -0.15) is 0 Å². The molecular formula is C24H51FeO6P3+3. The van der Waals surface area contributed by atoms with Crippen molar-refractivity contribution in [2.75, 3.05) is 18.5 Å². The van der Waals surface area contributed by atoms with E-state index >= 15 is 0 Å². The molecule has 203 valence electrons. The van der Waals surface area contributed by atoms with Gasteiger partial charge in [0.1, 0.15) is 18.5 Å².